The smallest absolute Gasteiger partial charge is 0.329 e. The van der Waals surface area contributed by atoms with Gasteiger partial charge in [0.25, 0.3) is 0 Å². The Morgan fingerprint density at radius 2 is 2.20 bits per heavy atom. The summed E-state index contributed by atoms with van der Waals surface area (Å²) in [5.74, 6) is 4.48. The number of nitrogens with one attached hydrogen (secondary N) is 2. The average molecular weight is 299 g/mol. The molecule has 1 heterocycles. The maximum absolute atomic E-state index is 12.9. The van der Waals surface area contributed by atoms with Crippen molar-refractivity contribution in [2.75, 3.05) is 10.7 Å². The molecular formula is C10H8ClFN6O2. The number of aromatic nitrogens is 2. The van der Waals surface area contributed by atoms with Gasteiger partial charge in [0, 0.05) is 0 Å². The van der Waals surface area contributed by atoms with E-state index < -0.39 is 10.7 Å². The van der Waals surface area contributed by atoms with Crippen LogP contribution in [0.5, 0.6) is 0 Å². The first-order chi connectivity index (χ1) is 9.51. The zero-order valence-corrected chi connectivity index (χ0v) is 10.6. The minimum atomic E-state index is -0.667. The molecule has 0 aliphatic carbocycles. The maximum atomic E-state index is 12.9. The van der Waals surface area contributed by atoms with Gasteiger partial charge in [-0.3, -0.25) is 15.5 Å². The lowest BCUT2D eigenvalue weighted by Gasteiger charge is -2.08. The summed E-state index contributed by atoms with van der Waals surface area (Å²) in [6.07, 6.45) is 0.988. The molecule has 2 aromatic rings. The fourth-order valence-corrected chi connectivity index (χ4v) is 1.60. The first-order valence-corrected chi connectivity index (χ1v) is 5.59. The molecular weight excluding hydrogens is 291 g/mol. The number of anilines is 3. The summed E-state index contributed by atoms with van der Waals surface area (Å²) in [5.41, 5.74) is 2.06. The van der Waals surface area contributed by atoms with Gasteiger partial charge < -0.3 is 5.32 Å². The van der Waals surface area contributed by atoms with Gasteiger partial charge >= 0.3 is 5.69 Å². The number of rotatable bonds is 4. The van der Waals surface area contributed by atoms with Crippen molar-refractivity contribution >= 4 is 34.7 Å². The average Bonchev–Trinajstić information content (AvgIpc) is 2.41. The van der Waals surface area contributed by atoms with Crippen molar-refractivity contribution in [2.24, 2.45) is 5.84 Å². The highest BCUT2D eigenvalue weighted by Crippen LogP contribution is 2.30. The molecule has 0 fully saturated rings. The Labute approximate surface area is 116 Å². The lowest BCUT2D eigenvalue weighted by Crippen LogP contribution is -2.12. The zero-order valence-electron chi connectivity index (χ0n) is 9.80. The third-order valence-corrected chi connectivity index (χ3v) is 2.59. The Kier molecular flexibility index (Phi) is 3.91. The number of nitrogens with zero attached hydrogens (tertiary/aromatic N) is 3. The van der Waals surface area contributed by atoms with Crippen molar-refractivity contribution < 1.29 is 9.31 Å². The van der Waals surface area contributed by atoms with E-state index in [0.29, 0.717) is 0 Å². The Morgan fingerprint density at radius 3 is 2.80 bits per heavy atom. The van der Waals surface area contributed by atoms with Gasteiger partial charge in [-0.1, -0.05) is 11.6 Å². The van der Waals surface area contributed by atoms with E-state index in [1.807, 2.05) is 0 Å². The Bertz CT molecular complexity index is 668. The molecule has 104 valence electrons. The second-order valence-corrected chi connectivity index (χ2v) is 3.99. The molecule has 0 aliphatic heterocycles. The Morgan fingerprint density at radius 1 is 1.45 bits per heavy atom. The van der Waals surface area contributed by atoms with Crippen molar-refractivity contribution in [1.82, 2.24) is 9.97 Å². The van der Waals surface area contributed by atoms with E-state index in [-0.39, 0.29) is 28.2 Å². The van der Waals surface area contributed by atoms with Crippen LogP contribution in [0.4, 0.5) is 27.5 Å². The van der Waals surface area contributed by atoms with E-state index in [2.05, 4.69) is 20.7 Å². The standard InChI is InChI=1S/C10H8ClFN6O2/c11-6-3-5(12)1-2-7(6)15-9-8(18(19)20)4-14-10(16-9)17-13/h1-4H,13H2,(H2,14,15,16,17). The van der Waals surface area contributed by atoms with Crippen LogP contribution in [0.25, 0.3) is 0 Å². The monoisotopic (exact) mass is 298 g/mol. The van der Waals surface area contributed by atoms with Crippen LogP contribution in [-0.2, 0) is 0 Å². The highest BCUT2D eigenvalue weighted by atomic mass is 35.5. The van der Waals surface area contributed by atoms with Crippen molar-refractivity contribution in [3.8, 4) is 0 Å². The van der Waals surface area contributed by atoms with Gasteiger partial charge in [0.1, 0.15) is 12.0 Å². The minimum Gasteiger partial charge on any atom is -0.333 e. The van der Waals surface area contributed by atoms with E-state index in [1.54, 1.807) is 0 Å². The molecule has 4 N–H and O–H groups in total. The summed E-state index contributed by atoms with van der Waals surface area (Å²) in [6.45, 7) is 0. The van der Waals surface area contributed by atoms with Gasteiger partial charge in [-0.2, -0.15) is 4.98 Å². The van der Waals surface area contributed by atoms with E-state index in [1.165, 1.54) is 6.07 Å². The molecule has 0 saturated carbocycles. The second kappa shape index (κ2) is 5.63. The summed E-state index contributed by atoms with van der Waals surface area (Å²) >= 11 is 5.83. The number of hydrazine groups is 1. The van der Waals surface area contributed by atoms with Gasteiger partial charge in [-0.05, 0) is 18.2 Å². The number of hydrogen-bond donors (Lipinski definition) is 3. The van der Waals surface area contributed by atoms with Crippen molar-refractivity contribution in [3.05, 3.63) is 45.4 Å². The quantitative estimate of drug-likeness (QED) is 0.449. The molecule has 0 radical (unpaired) electrons. The van der Waals surface area contributed by atoms with Gasteiger partial charge in [0.15, 0.2) is 0 Å². The van der Waals surface area contributed by atoms with E-state index in [9.17, 15) is 14.5 Å². The molecule has 8 nitrogen and oxygen atoms in total. The fraction of sp³-hybridized carbons (Fsp3) is 0. The van der Waals surface area contributed by atoms with Crippen molar-refractivity contribution in [3.63, 3.8) is 0 Å². The highest BCUT2D eigenvalue weighted by Gasteiger charge is 2.18. The summed E-state index contributed by atoms with van der Waals surface area (Å²) < 4.78 is 12.9. The Hall–Kier alpha value is -2.52. The molecule has 10 heteroatoms. The highest BCUT2D eigenvalue weighted by molar-refractivity contribution is 6.33. The van der Waals surface area contributed by atoms with E-state index in [0.717, 1.165) is 18.3 Å². The normalized spacial score (nSPS) is 10.2. The predicted octanol–water partition coefficient (Wildman–Crippen LogP) is 2.21. The summed E-state index contributed by atoms with van der Waals surface area (Å²) in [7, 11) is 0. The van der Waals surface area contributed by atoms with Gasteiger partial charge in [0.2, 0.25) is 11.8 Å². The number of nitrogen functional groups attached to an aromatic ring is 1. The summed E-state index contributed by atoms with van der Waals surface area (Å²) in [6, 6.07) is 3.56. The molecule has 0 bridgehead atoms. The first-order valence-electron chi connectivity index (χ1n) is 5.21. The predicted molar refractivity (Wildman–Crippen MR) is 71.2 cm³/mol. The Balaban J connectivity index is 2.43. The molecule has 1 aromatic carbocycles. The molecule has 0 amide bonds. The summed E-state index contributed by atoms with van der Waals surface area (Å²) in [4.78, 5) is 17.7. The van der Waals surface area contributed by atoms with Crippen LogP contribution in [0.3, 0.4) is 0 Å². The van der Waals surface area contributed by atoms with Crippen LogP contribution in [0.1, 0.15) is 0 Å². The zero-order chi connectivity index (χ0) is 14.7. The molecule has 0 atom stereocenters. The lowest BCUT2D eigenvalue weighted by molar-refractivity contribution is -0.384. The number of hydrogen-bond acceptors (Lipinski definition) is 7. The molecule has 2 rings (SSSR count). The van der Waals surface area contributed by atoms with Crippen LogP contribution in [0.2, 0.25) is 5.02 Å². The molecule has 0 saturated heterocycles. The fourth-order valence-electron chi connectivity index (χ4n) is 1.39. The van der Waals surface area contributed by atoms with Crippen LogP contribution < -0.4 is 16.6 Å². The van der Waals surface area contributed by atoms with Crippen LogP contribution >= 0.6 is 11.6 Å². The van der Waals surface area contributed by atoms with Crippen molar-refractivity contribution in [1.29, 1.82) is 0 Å². The molecule has 0 aliphatic rings. The number of benzene rings is 1. The number of halogens is 2. The van der Waals surface area contributed by atoms with E-state index >= 15 is 0 Å². The molecule has 20 heavy (non-hydrogen) atoms. The second-order valence-electron chi connectivity index (χ2n) is 3.58. The minimum absolute atomic E-state index is 0.0173. The lowest BCUT2D eigenvalue weighted by atomic mass is 10.3. The van der Waals surface area contributed by atoms with E-state index in [4.69, 9.17) is 17.4 Å². The third-order valence-electron chi connectivity index (χ3n) is 2.28. The number of nitro groups is 1. The summed E-state index contributed by atoms with van der Waals surface area (Å²) in [5, 5.41) is 13.6. The van der Waals surface area contributed by atoms with Crippen LogP contribution in [0.15, 0.2) is 24.4 Å². The van der Waals surface area contributed by atoms with Gasteiger partial charge in [-0.25, -0.2) is 15.2 Å². The topological polar surface area (TPSA) is 119 Å². The third kappa shape index (κ3) is 2.90. The van der Waals surface area contributed by atoms with Gasteiger partial charge in [0.05, 0.1) is 15.6 Å². The molecule has 0 unspecified atom stereocenters. The maximum Gasteiger partial charge on any atom is 0.329 e. The van der Waals surface area contributed by atoms with Crippen molar-refractivity contribution in [2.45, 2.75) is 0 Å². The first kappa shape index (κ1) is 13.9. The molecule has 0 spiro atoms. The SMILES string of the molecule is NNc1ncc([N+](=O)[O-])c(Nc2ccc(F)cc2Cl)n1. The largest absolute Gasteiger partial charge is 0.333 e. The molecule has 1 aromatic heterocycles. The van der Waals surface area contributed by atoms with Crippen LogP contribution in [0, 0.1) is 15.9 Å². The van der Waals surface area contributed by atoms with Crippen LogP contribution in [-0.4, -0.2) is 14.9 Å². The van der Waals surface area contributed by atoms with Gasteiger partial charge in [-0.15, -0.1) is 0 Å². The number of nitrogens with two attached hydrogens (primary N) is 1.